The highest BCUT2D eigenvalue weighted by Crippen LogP contribution is 2.21. The van der Waals surface area contributed by atoms with Crippen LogP contribution in [-0.4, -0.2) is 45.0 Å². The van der Waals surface area contributed by atoms with Crippen LogP contribution < -0.4 is 14.3 Å². The van der Waals surface area contributed by atoms with Gasteiger partial charge in [0.1, 0.15) is 6.54 Å². The van der Waals surface area contributed by atoms with Gasteiger partial charge in [0, 0.05) is 18.7 Å². The van der Waals surface area contributed by atoms with Gasteiger partial charge in [-0.15, -0.1) is 0 Å². The Morgan fingerprint density at radius 3 is 2.81 bits per heavy atom. The van der Waals surface area contributed by atoms with Crippen LogP contribution in [0.25, 0.3) is 0 Å². The molecular formula is C12H15N3O5S. The summed E-state index contributed by atoms with van der Waals surface area (Å²) in [5.74, 6) is -1.72. The van der Waals surface area contributed by atoms with Gasteiger partial charge in [-0.05, 0) is 24.6 Å². The lowest BCUT2D eigenvalue weighted by molar-refractivity contribution is -0.135. The van der Waals surface area contributed by atoms with Gasteiger partial charge in [-0.1, -0.05) is 6.07 Å². The SMILES string of the molecule is O=C(O)CNC(=O)c1cccc(N2CCCNS2(=O)=O)c1. The van der Waals surface area contributed by atoms with Crippen molar-refractivity contribution in [2.24, 2.45) is 0 Å². The molecule has 0 bridgehead atoms. The molecule has 9 heteroatoms. The lowest BCUT2D eigenvalue weighted by Gasteiger charge is -2.28. The molecule has 21 heavy (non-hydrogen) atoms. The average Bonchev–Trinajstić information content (AvgIpc) is 2.44. The molecule has 0 atom stereocenters. The summed E-state index contributed by atoms with van der Waals surface area (Å²) in [5.41, 5.74) is 0.569. The van der Waals surface area contributed by atoms with Gasteiger partial charge in [0.15, 0.2) is 0 Å². The van der Waals surface area contributed by atoms with E-state index in [0.29, 0.717) is 25.2 Å². The Kier molecular flexibility index (Phi) is 4.43. The molecule has 1 aromatic carbocycles. The maximum Gasteiger partial charge on any atom is 0.322 e. The molecule has 8 nitrogen and oxygen atoms in total. The zero-order valence-electron chi connectivity index (χ0n) is 11.1. The average molecular weight is 313 g/mol. The van der Waals surface area contributed by atoms with E-state index in [9.17, 15) is 18.0 Å². The number of carbonyl (C=O) groups is 2. The molecule has 3 N–H and O–H groups in total. The zero-order chi connectivity index (χ0) is 15.5. The van der Waals surface area contributed by atoms with Crippen molar-refractivity contribution in [1.29, 1.82) is 0 Å². The second-order valence-corrected chi connectivity index (χ2v) is 6.13. The first-order valence-electron chi connectivity index (χ1n) is 6.27. The lowest BCUT2D eigenvalue weighted by Crippen LogP contribution is -2.47. The van der Waals surface area contributed by atoms with Crippen LogP contribution >= 0.6 is 0 Å². The molecule has 1 saturated heterocycles. The highest BCUT2D eigenvalue weighted by molar-refractivity contribution is 7.90. The minimum absolute atomic E-state index is 0.203. The molecular weight excluding hydrogens is 298 g/mol. The molecule has 1 aliphatic heterocycles. The minimum atomic E-state index is -3.59. The number of rotatable bonds is 4. The second kappa shape index (κ2) is 6.10. The van der Waals surface area contributed by atoms with Crippen LogP contribution in [0.15, 0.2) is 24.3 Å². The van der Waals surface area contributed by atoms with Crippen LogP contribution in [0.2, 0.25) is 0 Å². The number of carbonyl (C=O) groups excluding carboxylic acids is 1. The van der Waals surface area contributed by atoms with E-state index in [1.165, 1.54) is 16.4 Å². The van der Waals surface area contributed by atoms with Gasteiger partial charge in [0.25, 0.3) is 5.91 Å². The summed E-state index contributed by atoms with van der Waals surface area (Å²) in [7, 11) is -3.59. The van der Waals surface area contributed by atoms with Gasteiger partial charge < -0.3 is 10.4 Å². The molecule has 0 saturated carbocycles. The smallest absolute Gasteiger partial charge is 0.322 e. The summed E-state index contributed by atoms with van der Waals surface area (Å²) < 4.78 is 27.4. The molecule has 1 aliphatic rings. The van der Waals surface area contributed by atoms with Crippen LogP contribution in [-0.2, 0) is 15.0 Å². The van der Waals surface area contributed by atoms with Crippen molar-refractivity contribution < 1.29 is 23.1 Å². The number of benzene rings is 1. The van der Waals surface area contributed by atoms with Crippen LogP contribution in [0.1, 0.15) is 16.8 Å². The molecule has 2 rings (SSSR count). The molecule has 1 aromatic rings. The van der Waals surface area contributed by atoms with Gasteiger partial charge in [-0.25, -0.2) is 0 Å². The number of amides is 1. The van der Waals surface area contributed by atoms with E-state index in [2.05, 4.69) is 10.0 Å². The van der Waals surface area contributed by atoms with Crippen LogP contribution in [0, 0.1) is 0 Å². The Morgan fingerprint density at radius 1 is 1.38 bits per heavy atom. The molecule has 0 spiro atoms. The normalized spacial score (nSPS) is 17.2. The first-order valence-corrected chi connectivity index (χ1v) is 7.71. The summed E-state index contributed by atoms with van der Waals surface area (Å²) in [5, 5.41) is 10.8. The van der Waals surface area contributed by atoms with E-state index in [0.717, 1.165) is 0 Å². The lowest BCUT2D eigenvalue weighted by atomic mass is 10.2. The number of hydrogen-bond donors (Lipinski definition) is 3. The number of carboxylic acids is 1. The standard InChI is InChI=1S/C12H15N3O5S/c16-11(17)8-13-12(18)9-3-1-4-10(7-9)15-6-2-5-14-21(15,19)20/h1,3-4,7,14H,2,5-6,8H2,(H,13,18)(H,16,17). The monoisotopic (exact) mass is 313 g/mol. The Balaban J connectivity index is 2.21. The van der Waals surface area contributed by atoms with Crippen LogP contribution in [0.5, 0.6) is 0 Å². The summed E-state index contributed by atoms with van der Waals surface area (Å²) in [6.45, 7) is 0.222. The third-order valence-corrected chi connectivity index (χ3v) is 4.45. The van der Waals surface area contributed by atoms with E-state index in [1.807, 2.05) is 0 Å². The largest absolute Gasteiger partial charge is 0.480 e. The molecule has 0 radical (unpaired) electrons. The van der Waals surface area contributed by atoms with E-state index in [4.69, 9.17) is 5.11 Å². The molecule has 0 aliphatic carbocycles. The first kappa shape index (κ1) is 15.3. The topological polar surface area (TPSA) is 116 Å². The third kappa shape index (κ3) is 3.70. The van der Waals surface area contributed by atoms with Crippen molar-refractivity contribution in [3.05, 3.63) is 29.8 Å². The van der Waals surface area contributed by atoms with Crippen molar-refractivity contribution in [1.82, 2.24) is 10.0 Å². The first-order chi connectivity index (χ1) is 9.90. The molecule has 1 amide bonds. The number of nitrogens with zero attached hydrogens (tertiary/aromatic N) is 1. The number of aliphatic carboxylic acids is 1. The van der Waals surface area contributed by atoms with Gasteiger partial charge in [0.05, 0.1) is 5.69 Å². The predicted octanol–water partition coefficient (Wildman–Crippen LogP) is -0.454. The minimum Gasteiger partial charge on any atom is -0.480 e. The van der Waals surface area contributed by atoms with Gasteiger partial charge in [-0.3, -0.25) is 13.9 Å². The molecule has 1 fully saturated rings. The predicted molar refractivity (Wildman–Crippen MR) is 75.3 cm³/mol. The maximum atomic E-state index is 11.9. The molecule has 0 unspecified atom stereocenters. The Labute approximate surface area is 121 Å². The highest BCUT2D eigenvalue weighted by Gasteiger charge is 2.25. The third-order valence-electron chi connectivity index (χ3n) is 2.91. The number of anilines is 1. The number of carboxylic acid groups (broad SMARTS) is 1. The molecule has 114 valence electrons. The summed E-state index contributed by atoms with van der Waals surface area (Å²) in [6, 6.07) is 6.04. The number of hydrogen-bond acceptors (Lipinski definition) is 4. The molecule has 1 heterocycles. The van der Waals surface area contributed by atoms with Crippen molar-refractivity contribution in [2.75, 3.05) is 23.9 Å². The van der Waals surface area contributed by atoms with E-state index in [-0.39, 0.29) is 5.56 Å². The van der Waals surface area contributed by atoms with Crippen molar-refractivity contribution in [2.45, 2.75) is 6.42 Å². The maximum absolute atomic E-state index is 11.9. The van der Waals surface area contributed by atoms with E-state index in [1.54, 1.807) is 12.1 Å². The van der Waals surface area contributed by atoms with E-state index >= 15 is 0 Å². The Bertz CT molecular complexity index is 659. The fourth-order valence-electron chi connectivity index (χ4n) is 1.95. The van der Waals surface area contributed by atoms with Gasteiger partial charge in [-0.2, -0.15) is 13.1 Å². The Hall–Kier alpha value is -2.13. The zero-order valence-corrected chi connectivity index (χ0v) is 11.9. The quantitative estimate of drug-likeness (QED) is 0.696. The van der Waals surface area contributed by atoms with Crippen molar-refractivity contribution in [3.63, 3.8) is 0 Å². The number of nitrogens with one attached hydrogen (secondary N) is 2. The van der Waals surface area contributed by atoms with Crippen LogP contribution in [0.4, 0.5) is 5.69 Å². The summed E-state index contributed by atoms with van der Waals surface area (Å²) >= 11 is 0. The van der Waals surface area contributed by atoms with Crippen LogP contribution in [0.3, 0.4) is 0 Å². The fourth-order valence-corrected chi connectivity index (χ4v) is 3.27. The van der Waals surface area contributed by atoms with Crippen molar-refractivity contribution >= 4 is 27.8 Å². The van der Waals surface area contributed by atoms with Gasteiger partial charge >= 0.3 is 16.2 Å². The van der Waals surface area contributed by atoms with E-state index < -0.39 is 28.6 Å². The Morgan fingerprint density at radius 2 is 2.14 bits per heavy atom. The highest BCUT2D eigenvalue weighted by atomic mass is 32.2. The van der Waals surface area contributed by atoms with Crippen molar-refractivity contribution in [3.8, 4) is 0 Å². The summed E-state index contributed by atoms with van der Waals surface area (Å²) in [4.78, 5) is 22.2. The van der Waals surface area contributed by atoms with Gasteiger partial charge in [0.2, 0.25) is 0 Å². The molecule has 0 aromatic heterocycles. The summed E-state index contributed by atoms with van der Waals surface area (Å²) in [6.07, 6.45) is 0.661. The second-order valence-electron chi connectivity index (χ2n) is 4.45. The fraction of sp³-hybridized carbons (Fsp3) is 0.333.